The quantitative estimate of drug-likeness (QED) is 0.657. The van der Waals surface area contributed by atoms with E-state index < -0.39 is 0 Å². The largest absolute Gasteiger partial charge is 0.496 e. The molecule has 0 fully saturated rings. The van der Waals surface area contributed by atoms with Crippen LogP contribution in [0.15, 0.2) is 54.6 Å². The second kappa shape index (κ2) is 7.70. The van der Waals surface area contributed by atoms with Crippen molar-refractivity contribution < 1.29 is 13.9 Å². The van der Waals surface area contributed by atoms with Crippen molar-refractivity contribution in [2.45, 2.75) is 19.9 Å². The van der Waals surface area contributed by atoms with Crippen LogP contribution >= 0.6 is 11.3 Å². The van der Waals surface area contributed by atoms with Crippen LogP contribution in [0.3, 0.4) is 0 Å². The van der Waals surface area contributed by atoms with Gasteiger partial charge in [0.2, 0.25) is 0 Å². The lowest BCUT2D eigenvalue weighted by Gasteiger charge is -2.17. The number of hydrogen-bond donors (Lipinski definition) is 1. The predicted octanol–water partition coefficient (Wildman–Crippen LogP) is 5.36. The molecule has 1 heterocycles. The molecule has 0 spiro atoms. The van der Waals surface area contributed by atoms with E-state index in [9.17, 15) is 9.18 Å². The summed E-state index contributed by atoms with van der Waals surface area (Å²) in [6.07, 6.45) is 0. The van der Waals surface area contributed by atoms with Crippen molar-refractivity contribution in [2.24, 2.45) is 0 Å². The molecule has 3 aromatic rings. The molecule has 1 unspecified atom stereocenters. The molecule has 3 rings (SSSR count). The fourth-order valence-electron chi connectivity index (χ4n) is 2.77. The fraction of sp³-hybridized carbons (Fsp3) is 0.190. The van der Waals surface area contributed by atoms with Gasteiger partial charge < -0.3 is 10.1 Å². The van der Waals surface area contributed by atoms with Gasteiger partial charge >= 0.3 is 0 Å². The Kier molecular flexibility index (Phi) is 5.38. The highest BCUT2D eigenvalue weighted by atomic mass is 32.1. The number of benzene rings is 2. The molecule has 1 amide bonds. The van der Waals surface area contributed by atoms with Crippen molar-refractivity contribution in [2.75, 3.05) is 7.11 Å². The van der Waals surface area contributed by atoms with Gasteiger partial charge in [-0.1, -0.05) is 29.8 Å². The van der Waals surface area contributed by atoms with Crippen LogP contribution in [-0.2, 0) is 0 Å². The second-order valence-electron chi connectivity index (χ2n) is 6.11. The molecule has 134 valence electrons. The fourth-order valence-corrected chi connectivity index (χ4v) is 3.68. The summed E-state index contributed by atoms with van der Waals surface area (Å²) in [5.74, 6) is 0.338. The van der Waals surface area contributed by atoms with E-state index in [-0.39, 0.29) is 17.8 Å². The molecule has 0 aliphatic rings. The molecule has 1 N–H and O–H groups in total. The van der Waals surface area contributed by atoms with E-state index in [1.54, 1.807) is 25.3 Å². The van der Waals surface area contributed by atoms with Crippen molar-refractivity contribution >= 4 is 17.2 Å². The zero-order valence-electron chi connectivity index (χ0n) is 14.9. The highest BCUT2D eigenvalue weighted by Crippen LogP contribution is 2.30. The van der Waals surface area contributed by atoms with Crippen molar-refractivity contribution in [1.82, 2.24) is 5.32 Å². The normalized spacial score (nSPS) is 11.8. The van der Waals surface area contributed by atoms with Crippen molar-refractivity contribution in [3.63, 3.8) is 0 Å². The Morgan fingerprint density at radius 3 is 2.54 bits per heavy atom. The number of carbonyl (C=O) groups is 1. The molecule has 5 heteroatoms. The predicted molar refractivity (Wildman–Crippen MR) is 103 cm³/mol. The van der Waals surface area contributed by atoms with Crippen LogP contribution < -0.4 is 10.1 Å². The summed E-state index contributed by atoms with van der Waals surface area (Å²) in [7, 11) is 1.62. The van der Waals surface area contributed by atoms with Gasteiger partial charge in [-0.15, -0.1) is 11.3 Å². The molecule has 1 atom stereocenters. The minimum atomic E-state index is -0.274. The Morgan fingerprint density at radius 2 is 1.85 bits per heavy atom. The molecule has 0 aliphatic carbocycles. The minimum Gasteiger partial charge on any atom is -0.496 e. The first-order valence-corrected chi connectivity index (χ1v) is 9.11. The van der Waals surface area contributed by atoms with E-state index in [0.29, 0.717) is 4.88 Å². The molecule has 0 saturated carbocycles. The third kappa shape index (κ3) is 3.94. The Labute approximate surface area is 156 Å². The maximum Gasteiger partial charge on any atom is 0.261 e. The highest BCUT2D eigenvalue weighted by molar-refractivity contribution is 7.17. The SMILES string of the molecule is COc1ccc(C)cc1C(C)NC(=O)c1ccc(-c2ccc(F)cc2)s1. The summed E-state index contributed by atoms with van der Waals surface area (Å²) in [5.41, 5.74) is 2.94. The van der Waals surface area contributed by atoms with E-state index in [1.165, 1.54) is 23.5 Å². The van der Waals surface area contributed by atoms with E-state index in [1.807, 2.05) is 38.1 Å². The molecule has 2 aromatic carbocycles. The monoisotopic (exact) mass is 369 g/mol. The number of hydrogen-bond acceptors (Lipinski definition) is 3. The number of amides is 1. The van der Waals surface area contributed by atoms with Gasteiger partial charge in [-0.2, -0.15) is 0 Å². The number of methoxy groups -OCH3 is 1. The van der Waals surface area contributed by atoms with Gasteiger partial charge in [0, 0.05) is 10.4 Å². The Balaban J connectivity index is 1.76. The van der Waals surface area contributed by atoms with Crippen LogP contribution in [0.5, 0.6) is 5.75 Å². The summed E-state index contributed by atoms with van der Waals surface area (Å²) < 4.78 is 18.5. The molecular formula is C21H20FNO2S. The number of halogens is 1. The average molecular weight is 369 g/mol. The van der Waals surface area contributed by atoms with E-state index >= 15 is 0 Å². The van der Waals surface area contributed by atoms with Gasteiger partial charge in [-0.05, 0) is 49.7 Å². The summed E-state index contributed by atoms with van der Waals surface area (Å²) in [4.78, 5) is 14.2. The minimum absolute atomic E-state index is 0.139. The number of aryl methyl sites for hydroxylation is 1. The molecule has 1 aromatic heterocycles. The summed E-state index contributed by atoms with van der Waals surface area (Å²) in [6.45, 7) is 3.94. The van der Waals surface area contributed by atoms with Gasteiger partial charge in [0.05, 0.1) is 18.0 Å². The number of ether oxygens (including phenoxy) is 1. The third-order valence-electron chi connectivity index (χ3n) is 4.16. The molecule has 0 saturated heterocycles. The standard InChI is InChI=1S/C21H20FNO2S/c1-13-4-9-18(25-3)17(12-13)14(2)23-21(24)20-11-10-19(26-20)15-5-7-16(22)8-6-15/h4-12,14H,1-3H3,(H,23,24). The lowest BCUT2D eigenvalue weighted by atomic mass is 10.0. The third-order valence-corrected chi connectivity index (χ3v) is 5.29. The number of rotatable bonds is 5. The lowest BCUT2D eigenvalue weighted by molar-refractivity contribution is 0.0943. The maximum atomic E-state index is 13.1. The number of nitrogens with one attached hydrogen (secondary N) is 1. The van der Waals surface area contributed by atoms with Crippen molar-refractivity contribution in [3.8, 4) is 16.2 Å². The van der Waals surface area contributed by atoms with Crippen molar-refractivity contribution in [3.05, 3.63) is 76.4 Å². The van der Waals surface area contributed by atoms with E-state index in [2.05, 4.69) is 5.32 Å². The average Bonchev–Trinajstić information content (AvgIpc) is 3.12. The van der Waals surface area contributed by atoms with Gasteiger partial charge in [-0.25, -0.2) is 4.39 Å². The van der Waals surface area contributed by atoms with Crippen LogP contribution in [0.2, 0.25) is 0 Å². The molecule has 0 bridgehead atoms. The number of thiophene rings is 1. The first kappa shape index (κ1) is 18.1. The lowest BCUT2D eigenvalue weighted by Crippen LogP contribution is -2.26. The van der Waals surface area contributed by atoms with Gasteiger partial charge in [0.25, 0.3) is 5.91 Å². The van der Waals surface area contributed by atoms with E-state index in [4.69, 9.17) is 4.74 Å². The molecule has 0 radical (unpaired) electrons. The maximum absolute atomic E-state index is 13.1. The van der Waals surface area contributed by atoms with Crippen LogP contribution in [0.4, 0.5) is 4.39 Å². The smallest absolute Gasteiger partial charge is 0.261 e. The van der Waals surface area contributed by atoms with Crippen LogP contribution in [0.25, 0.3) is 10.4 Å². The summed E-state index contributed by atoms with van der Waals surface area (Å²) in [5, 5.41) is 3.02. The zero-order valence-corrected chi connectivity index (χ0v) is 15.7. The van der Waals surface area contributed by atoms with Gasteiger partial charge in [0.15, 0.2) is 0 Å². The molecule has 0 aliphatic heterocycles. The zero-order chi connectivity index (χ0) is 18.7. The van der Waals surface area contributed by atoms with E-state index in [0.717, 1.165) is 27.3 Å². The topological polar surface area (TPSA) is 38.3 Å². The second-order valence-corrected chi connectivity index (χ2v) is 7.20. The van der Waals surface area contributed by atoms with Crippen LogP contribution in [0.1, 0.15) is 33.8 Å². The number of carbonyl (C=O) groups excluding carboxylic acids is 1. The molecular weight excluding hydrogens is 349 g/mol. The first-order chi connectivity index (χ1) is 12.5. The Morgan fingerprint density at radius 1 is 1.12 bits per heavy atom. The summed E-state index contributed by atoms with van der Waals surface area (Å²) in [6, 6.07) is 15.6. The van der Waals surface area contributed by atoms with Crippen molar-refractivity contribution in [1.29, 1.82) is 0 Å². The Hall–Kier alpha value is -2.66. The van der Waals surface area contributed by atoms with Crippen LogP contribution in [0, 0.1) is 12.7 Å². The Bertz CT molecular complexity index is 918. The molecule has 3 nitrogen and oxygen atoms in total. The highest BCUT2D eigenvalue weighted by Gasteiger charge is 2.17. The molecule has 26 heavy (non-hydrogen) atoms. The van der Waals surface area contributed by atoms with Crippen LogP contribution in [-0.4, -0.2) is 13.0 Å². The van der Waals surface area contributed by atoms with Gasteiger partial charge in [0.1, 0.15) is 11.6 Å². The first-order valence-electron chi connectivity index (χ1n) is 8.29. The summed E-state index contributed by atoms with van der Waals surface area (Å²) >= 11 is 1.38. The van der Waals surface area contributed by atoms with Gasteiger partial charge in [-0.3, -0.25) is 4.79 Å².